The van der Waals surface area contributed by atoms with Gasteiger partial charge in [-0.1, -0.05) is 12.7 Å². The van der Waals surface area contributed by atoms with E-state index in [-0.39, 0.29) is 0 Å². The van der Waals surface area contributed by atoms with Crippen molar-refractivity contribution < 1.29 is 0 Å². The van der Waals surface area contributed by atoms with Crippen LogP contribution in [0.5, 0.6) is 0 Å². The third-order valence-electron chi connectivity index (χ3n) is 2.41. The first-order chi connectivity index (χ1) is 6.56. The molecule has 0 bridgehead atoms. The Morgan fingerprint density at radius 3 is 2.64 bits per heavy atom. The number of hydrogen-bond acceptors (Lipinski definition) is 0. The highest BCUT2D eigenvalue weighted by Crippen LogP contribution is 2.18. The predicted molar refractivity (Wildman–Crippen MR) is 63.4 cm³/mol. The molecule has 0 saturated carbocycles. The van der Waals surface area contributed by atoms with Gasteiger partial charge in [-0.15, -0.1) is 0 Å². The molecule has 1 nitrogen and oxygen atoms in total. The fourth-order valence-electron chi connectivity index (χ4n) is 1.47. The van der Waals surface area contributed by atoms with Crippen LogP contribution in [-0.4, -0.2) is 4.57 Å². The number of allylic oxidation sites excluding steroid dienone is 2. The highest BCUT2D eigenvalue weighted by molar-refractivity contribution is 5.55. The maximum absolute atomic E-state index is 3.77. The van der Waals surface area contributed by atoms with Crippen molar-refractivity contribution in [2.45, 2.75) is 33.7 Å². The highest BCUT2D eigenvalue weighted by atomic mass is 15.0. The molecule has 0 amide bonds. The summed E-state index contributed by atoms with van der Waals surface area (Å²) in [5.74, 6) is 0. The second kappa shape index (κ2) is 4.32. The zero-order valence-corrected chi connectivity index (χ0v) is 9.54. The quantitative estimate of drug-likeness (QED) is 0.634. The molecule has 0 aromatic carbocycles. The SMILES string of the molecule is C=C/C(C)=C\c1c(C)ccn1C(C)C. The van der Waals surface area contributed by atoms with Crippen LogP contribution in [0.4, 0.5) is 0 Å². The van der Waals surface area contributed by atoms with E-state index in [1.165, 1.54) is 16.8 Å². The van der Waals surface area contributed by atoms with Gasteiger partial charge in [0.2, 0.25) is 0 Å². The standard InChI is InChI=1S/C13H19N/c1-6-11(4)9-13-12(5)7-8-14(13)10(2)3/h6-10H,1H2,2-5H3/b11-9-. The summed E-state index contributed by atoms with van der Waals surface area (Å²) in [5, 5.41) is 0. The van der Waals surface area contributed by atoms with Crippen LogP contribution >= 0.6 is 0 Å². The van der Waals surface area contributed by atoms with Gasteiger partial charge >= 0.3 is 0 Å². The average Bonchev–Trinajstić information content (AvgIpc) is 2.48. The van der Waals surface area contributed by atoms with Gasteiger partial charge in [0.1, 0.15) is 0 Å². The molecule has 0 aliphatic rings. The van der Waals surface area contributed by atoms with E-state index in [1.807, 2.05) is 6.08 Å². The number of aromatic nitrogens is 1. The monoisotopic (exact) mass is 189 g/mol. The van der Waals surface area contributed by atoms with E-state index in [0.29, 0.717) is 6.04 Å². The zero-order valence-electron chi connectivity index (χ0n) is 9.54. The Labute approximate surface area is 86.8 Å². The molecule has 14 heavy (non-hydrogen) atoms. The van der Waals surface area contributed by atoms with Crippen molar-refractivity contribution in [2.24, 2.45) is 0 Å². The van der Waals surface area contributed by atoms with Gasteiger partial charge < -0.3 is 4.57 Å². The van der Waals surface area contributed by atoms with E-state index < -0.39 is 0 Å². The van der Waals surface area contributed by atoms with E-state index in [1.54, 1.807) is 0 Å². The van der Waals surface area contributed by atoms with Crippen LogP contribution < -0.4 is 0 Å². The van der Waals surface area contributed by atoms with E-state index >= 15 is 0 Å². The molecule has 76 valence electrons. The Morgan fingerprint density at radius 1 is 1.50 bits per heavy atom. The molecule has 1 heteroatoms. The molecular formula is C13H19N. The van der Waals surface area contributed by atoms with Gasteiger partial charge in [-0.05, 0) is 51.0 Å². The van der Waals surface area contributed by atoms with Crippen LogP contribution in [0.2, 0.25) is 0 Å². The summed E-state index contributed by atoms with van der Waals surface area (Å²) in [6, 6.07) is 2.66. The molecule has 0 saturated heterocycles. The van der Waals surface area contributed by atoms with Crippen LogP contribution in [0.3, 0.4) is 0 Å². The van der Waals surface area contributed by atoms with Gasteiger partial charge in [0.25, 0.3) is 0 Å². The van der Waals surface area contributed by atoms with Crippen molar-refractivity contribution in [2.75, 3.05) is 0 Å². The summed E-state index contributed by atoms with van der Waals surface area (Å²) < 4.78 is 2.28. The Bertz CT molecular complexity index is 353. The summed E-state index contributed by atoms with van der Waals surface area (Å²) in [4.78, 5) is 0. The van der Waals surface area contributed by atoms with E-state index in [0.717, 1.165) is 0 Å². The smallest absolute Gasteiger partial charge is 0.0441 e. The highest BCUT2D eigenvalue weighted by Gasteiger charge is 2.05. The van der Waals surface area contributed by atoms with Gasteiger partial charge in [-0.2, -0.15) is 0 Å². The molecule has 1 aromatic rings. The molecular weight excluding hydrogens is 170 g/mol. The predicted octanol–water partition coefficient (Wildman–Crippen LogP) is 3.97. The minimum atomic E-state index is 0.507. The second-order valence-corrected chi connectivity index (χ2v) is 3.98. The topological polar surface area (TPSA) is 4.93 Å². The molecule has 1 aromatic heterocycles. The normalized spacial score (nSPS) is 12.2. The van der Waals surface area contributed by atoms with Gasteiger partial charge in [0.05, 0.1) is 0 Å². The first-order valence-electron chi connectivity index (χ1n) is 5.04. The lowest BCUT2D eigenvalue weighted by molar-refractivity contribution is 0.598. The maximum Gasteiger partial charge on any atom is 0.0441 e. The summed E-state index contributed by atoms with van der Waals surface area (Å²) in [6.45, 7) is 12.4. The van der Waals surface area contributed by atoms with Crippen molar-refractivity contribution in [3.05, 3.63) is 41.7 Å². The number of rotatable bonds is 3. The first-order valence-corrected chi connectivity index (χ1v) is 5.04. The van der Waals surface area contributed by atoms with Crippen molar-refractivity contribution in [3.63, 3.8) is 0 Å². The Kier molecular flexibility index (Phi) is 3.34. The molecule has 0 aliphatic carbocycles. The van der Waals surface area contributed by atoms with E-state index in [4.69, 9.17) is 0 Å². The maximum atomic E-state index is 3.77. The Morgan fingerprint density at radius 2 is 2.14 bits per heavy atom. The summed E-state index contributed by atoms with van der Waals surface area (Å²) in [5.41, 5.74) is 3.81. The molecule has 0 atom stereocenters. The third kappa shape index (κ3) is 2.16. The lowest BCUT2D eigenvalue weighted by atomic mass is 10.2. The summed E-state index contributed by atoms with van der Waals surface area (Å²) >= 11 is 0. The summed E-state index contributed by atoms with van der Waals surface area (Å²) in [7, 11) is 0. The number of hydrogen-bond donors (Lipinski definition) is 0. The minimum absolute atomic E-state index is 0.507. The van der Waals surface area contributed by atoms with E-state index in [9.17, 15) is 0 Å². The van der Waals surface area contributed by atoms with Crippen LogP contribution in [-0.2, 0) is 0 Å². The molecule has 0 unspecified atom stereocenters. The number of aryl methyl sites for hydroxylation is 1. The lowest BCUT2D eigenvalue weighted by Crippen LogP contribution is -2.01. The average molecular weight is 189 g/mol. The van der Waals surface area contributed by atoms with E-state index in [2.05, 4.69) is 57.2 Å². The van der Waals surface area contributed by atoms with Crippen molar-refractivity contribution >= 4 is 6.08 Å². The third-order valence-corrected chi connectivity index (χ3v) is 2.41. The summed E-state index contributed by atoms with van der Waals surface area (Å²) in [6.07, 6.45) is 6.21. The first kappa shape index (κ1) is 10.8. The van der Waals surface area contributed by atoms with Crippen molar-refractivity contribution in [1.82, 2.24) is 4.57 Å². The lowest BCUT2D eigenvalue weighted by Gasteiger charge is -2.11. The van der Waals surface area contributed by atoms with Crippen LogP contribution in [0.1, 0.15) is 38.1 Å². The van der Waals surface area contributed by atoms with Crippen LogP contribution in [0.15, 0.2) is 30.5 Å². The Hall–Kier alpha value is -1.24. The van der Waals surface area contributed by atoms with Gasteiger partial charge in [0, 0.05) is 17.9 Å². The van der Waals surface area contributed by atoms with Crippen molar-refractivity contribution in [1.29, 1.82) is 0 Å². The zero-order chi connectivity index (χ0) is 10.7. The van der Waals surface area contributed by atoms with Crippen LogP contribution in [0.25, 0.3) is 6.08 Å². The number of nitrogens with zero attached hydrogens (tertiary/aromatic N) is 1. The van der Waals surface area contributed by atoms with Gasteiger partial charge in [-0.3, -0.25) is 0 Å². The van der Waals surface area contributed by atoms with Crippen LogP contribution in [0, 0.1) is 6.92 Å². The molecule has 0 radical (unpaired) electrons. The molecule has 0 fully saturated rings. The Balaban J connectivity index is 3.18. The largest absolute Gasteiger partial charge is 0.345 e. The molecule has 0 spiro atoms. The second-order valence-electron chi connectivity index (χ2n) is 3.98. The minimum Gasteiger partial charge on any atom is -0.345 e. The molecule has 0 aliphatic heterocycles. The molecule has 1 rings (SSSR count). The van der Waals surface area contributed by atoms with Gasteiger partial charge in [-0.25, -0.2) is 0 Å². The fourth-order valence-corrected chi connectivity index (χ4v) is 1.47. The van der Waals surface area contributed by atoms with Gasteiger partial charge in [0.15, 0.2) is 0 Å². The molecule has 0 N–H and O–H groups in total. The fraction of sp³-hybridized carbons (Fsp3) is 0.385. The van der Waals surface area contributed by atoms with Crippen molar-refractivity contribution in [3.8, 4) is 0 Å². The molecule has 1 heterocycles.